The molecule has 0 radical (unpaired) electrons. The number of fused-ring (bicyclic) bond motifs is 2. The summed E-state index contributed by atoms with van der Waals surface area (Å²) in [7, 11) is 1.84. The van der Waals surface area contributed by atoms with Crippen molar-refractivity contribution in [3.8, 4) is 0 Å². The molecule has 0 bridgehead atoms. The predicted molar refractivity (Wildman–Crippen MR) is 91.5 cm³/mol. The minimum atomic E-state index is -0.695. The van der Waals surface area contributed by atoms with Crippen LogP contribution in [0.1, 0.15) is 17.2 Å². The molecule has 4 aromatic rings. The molecule has 5 heteroatoms. The molecule has 0 spiro atoms. The summed E-state index contributed by atoms with van der Waals surface area (Å²) in [5.41, 5.74) is 3.98. The van der Waals surface area contributed by atoms with Crippen molar-refractivity contribution in [3.05, 3.63) is 70.9 Å². The highest BCUT2D eigenvalue weighted by atomic mass is 35.5. The fraction of sp³-hybridized carbons (Fsp3) is 0.111. The first-order valence-electron chi connectivity index (χ1n) is 7.29. The largest absolute Gasteiger partial charge is 0.384 e. The van der Waals surface area contributed by atoms with Crippen LogP contribution in [0.2, 0.25) is 5.02 Å². The molecule has 2 heterocycles. The van der Waals surface area contributed by atoms with Crippen molar-refractivity contribution < 1.29 is 5.11 Å². The van der Waals surface area contributed by atoms with Crippen molar-refractivity contribution in [2.24, 2.45) is 7.05 Å². The summed E-state index contributed by atoms with van der Waals surface area (Å²) >= 11 is 6.56. The Morgan fingerprint density at radius 1 is 1.04 bits per heavy atom. The van der Waals surface area contributed by atoms with Gasteiger partial charge < -0.3 is 5.11 Å². The number of hydrogen-bond donors (Lipinski definition) is 1. The molecule has 0 amide bonds. The van der Waals surface area contributed by atoms with E-state index < -0.39 is 6.10 Å². The minimum absolute atomic E-state index is 0.604. The molecule has 0 aliphatic rings. The predicted octanol–water partition coefficient (Wildman–Crippen LogP) is 3.86. The van der Waals surface area contributed by atoms with Gasteiger partial charge >= 0.3 is 0 Å². The number of halogens is 1. The van der Waals surface area contributed by atoms with E-state index in [4.69, 9.17) is 11.6 Å². The Kier molecular flexibility index (Phi) is 3.29. The van der Waals surface area contributed by atoms with Gasteiger partial charge in [-0.1, -0.05) is 48.0 Å². The second-order valence-electron chi connectivity index (χ2n) is 5.52. The Morgan fingerprint density at radius 3 is 2.61 bits per heavy atom. The highest BCUT2D eigenvalue weighted by Crippen LogP contribution is 2.32. The lowest BCUT2D eigenvalue weighted by molar-refractivity contribution is 0.220. The van der Waals surface area contributed by atoms with Gasteiger partial charge in [0, 0.05) is 12.4 Å². The molecule has 0 fully saturated rings. The molecule has 0 saturated heterocycles. The van der Waals surface area contributed by atoms with Crippen LogP contribution in [0, 0.1) is 0 Å². The first-order valence-corrected chi connectivity index (χ1v) is 7.67. The van der Waals surface area contributed by atoms with E-state index in [2.05, 4.69) is 10.1 Å². The van der Waals surface area contributed by atoms with Gasteiger partial charge in [0.25, 0.3) is 0 Å². The molecular weight excluding hydrogens is 310 g/mol. The van der Waals surface area contributed by atoms with Gasteiger partial charge in [0.05, 0.1) is 16.7 Å². The first-order chi connectivity index (χ1) is 11.1. The molecule has 2 aromatic carbocycles. The molecule has 2 aromatic heterocycles. The number of aliphatic hydroxyl groups is 1. The molecule has 1 unspecified atom stereocenters. The van der Waals surface area contributed by atoms with Crippen molar-refractivity contribution in [1.82, 2.24) is 14.8 Å². The number of aryl methyl sites for hydroxylation is 1. The fourth-order valence-electron chi connectivity index (χ4n) is 2.84. The van der Waals surface area contributed by atoms with Crippen molar-refractivity contribution in [2.75, 3.05) is 0 Å². The monoisotopic (exact) mass is 323 g/mol. The average Bonchev–Trinajstić information content (AvgIpc) is 2.96. The van der Waals surface area contributed by atoms with E-state index in [1.165, 1.54) is 0 Å². The molecule has 0 aliphatic carbocycles. The summed E-state index contributed by atoms with van der Waals surface area (Å²) in [5.74, 6) is 0. The van der Waals surface area contributed by atoms with Crippen LogP contribution < -0.4 is 0 Å². The topological polar surface area (TPSA) is 50.9 Å². The summed E-state index contributed by atoms with van der Waals surface area (Å²) in [4.78, 5) is 4.58. The van der Waals surface area contributed by atoms with E-state index in [9.17, 15) is 5.11 Å². The van der Waals surface area contributed by atoms with E-state index in [-0.39, 0.29) is 0 Å². The Bertz CT molecular complexity index is 1010. The molecule has 1 N–H and O–H groups in total. The van der Waals surface area contributed by atoms with Crippen molar-refractivity contribution >= 4 is 33.5 Å². The van der Waals surface area contributed by atoms with Gasteiger partial charge in [-0.15, -0.1) is 0 Å². The first kappa shape index (κ1) is 14.2. The number of rotatable bonds is 2. The number of hydrogen-bond acceptors (Lipinski definition) is 3. The summed E-state index contributed by atoms with van der Waals surface area (Å²) < 4.78 is 1.71. The molecule has 114 valence electrons. The minimum Gasteiger partial charge on any atom is -0.384 e. The van der Waals surface area contributed by atoms with Gasteiger partial charge in [-0.05, 0) is 23.3 Å². The lowest BCUT2D eigenvalue weighted by Gasteiger charge is -2.13. The second kappa shape index (κ2) is 5.33. The fourth-order valence-corrected chi connectivity index (χ4v) is 3.21. The SMILES string of the molecule is Cn1ncc2nc3ccc(C(O)c4ccccc4)cc3c(Cl)c21. The zero-order valence-corrected chi connectivity index (χ0v) is 13.2. The molecule has 1 atom stereocenters. The quantitative estimate of drug-likeness (QED) is 0.609. The van der Waals surface area contributed by atoms with Crippen molar-refractivity contribution in [3.63, 3.8) is 0 Å². The number of aromatic nitrogens is 3. The summed E-state index contributed by atoms with van der Waals surface area (Å²) in [6.45, 7) is 0. The van der Waals surface area contributed by atoms with Crippen molar-refractivity contribution in [1.29, 1.82) is 0 Å². The van der Waals surface area contributed by atoms with E-state index in [0.29, 0.717) is 5.02 Å². The third-order valence-corrected chi connectivity index (χ3v) is 4.44. The Morgan fingerprint density at radius 2 is 1.83 bits per heavy atom. The normalized spacial score (nSPS) is 12.8. The Labute approximate surface area is 138 Å². The van der Waals surface area contributed by atoms with Crippen LogP contribution in [0.3, 0.4) is 0 Å². The molecule has 4 rings (SSSR count). The molecule has 4 nitrogen and oxygen atoms in total. The third-order valence-electron chi connectivity index (χ3n) is 4.06. The van der Waals surface area contributed by atoms with Crippen LogP contribution in [-0.2, 0) is 7.05 Å². The zero-order valence-electron chi connectivity index (χ0n) is 12.4. The van der Waals surface area contributed by atoms with Crippen LogP contribution in [0.25, 0.3) is 21.9 Å². The lowest BCUT2D eigenvalue weighted by atomic mass is 10.00. The van der Waals surface area contributed by atoms with Crippen LogP contribution >= 0.6 is 11.6 Å². The van der Waals surface area contributed by atoms with E-state index in [1.54, 1.807) is 10.9 Å². The highest BCUT2D eigenvalue weighted by molar-refractivity contribution is 6.39. The number of benzene rings is 2. The van der Waals surface area contributed by atoms with Crippen LogP contribution in [-0.4, -0.2) is 19.9 Å². The third kappa shape index (κ3) is 2.27. The van der Waals surface area contributed by atoms with Gasteiger partial charge in [-0.3, -0.25) is 4.68 Å². The maximum Gasteiger partial charge on any atom is 0.111 e. The van der Waals surface area contributed by atoms with Gasteiger partial charge in [0.2, 0.25) is 0 Å². The van der Waals surface area contributed by atoms with Crippen molar-refractivity contribution in [2.45, 2.75) is 6.10 Å². The van der Waals surface area contributed by atoms with Crippen LogP contribution in [0.5, 0.6) is 0 Å². The van der Waals surface area contributed by atoms with Crippen LogP contribution in [0.15, 0.2) is 54.7 Å². The van der Waals surface area contributed by atoms with E-state index >= 15 is 0 Å². The maximum atomic E-state index is 10.6. The standard InChI is InChI=1S/C18H14ClN3O/c1-22-17-15(10-20-22)21-14-8-7-12(9-13(14)16(17)19)18(23)11-5-3-2-4-6-11/h2-10,18,23H,1H3. The number of nitrogens with zero attached hydrogens (tertiary/aromatic N) is 3. The summed E-state index contributed by atoms with van der Waals surface area (Å²) in [5, 5.41) is 16.2. The van der Waals surface area contributed by atoms with Gasteiger partial charge in [-0.25, -0.2) is 4.98 Å². The molecule has 0 aliphatic heterocycles. The average molecular weight is 324 g/mol. The van der Waals surface area contributed by atoms with Crippen LogP contribution in [0.4, 0.5) is 0 Å². The smallest absolute Gasteiger partial charge is 0.111 e. The number of aliphatic hydroxyl groups excluding tert-OH is 1. The Balaban J connectivity index is 1.92. The summed E-state index contributed by atoms with van der Waals surface area (Å²) in [6.07, 6.45) is 1.01. The lowest BCUT2D eigenvalue weighted by Crippen LogP contribution is -2.00. The van der Waals surface area contributed by atoms with E-state index in [1.807, 2.05) is 55.6 Å². The van der Waals surface area contributed by atoms with Gasteiger partial charge in [-0.2, -0.15) is 5.10 Å². The molecular formula is C18H14ClN3O. The molecule has 0 saturated carbocycles. The summed E-state index contributed by atoms with van der Waals surface area (Å²) in [6, 6.07) is 15.2. The van der Waals surface area contributed by atoms with Gasteiger partial charge in [0.1, 0.15) is 17.1 Å². The maximum absolute atomic E-state index is 10.6. The zero-order chi connectivity index (χ0) is 16.0. The highest BCUT2D eigenvalue weighted by Gasteiger charge is 2.15. The second-order valence-corrected chi connectivity index (χ2v) is 5.90. The van der Waals surface area contributed by atoms with E-state index in [0.717, 1.165) is 33.1 Å². The Hall–Kier alpha value is -2.43. The van der Waals surface area contributed by atoms with Gasteiger partial charge in [0.15, 0.2) is 0 Å². The molecule has 23 heavy (non-hydrogen) atoms. The number of pyridine rings is 1.